The van der Waals surface area contributed by atoms with E-state index in [0.29, 0.717) is 0 Å². The summed E-state index contributed by atoms with van der Waals surface area (Å²) in [6, 6.07) is 0. The van der Waals surface area contributed by atoms with E-state index in [1.807, 2.05) is 0 Å². The van der Waals surface area contributed by atoms with Gasteiger partial charge < -0.3 is 15.1 Å². The normalized spacial score (nSPS) is 16.6. The fourth-order valence-corrected chi connectivity index (χ4v) is 2.39. The molecule has 0 aromatic carbocycles. The third-order valence-corrected chi connectivity index (χ3v) is 3.50. The van der Waals surface area contributed by atoms with Crippen LogP contribution in [-0.4, -0.2) is 62.0 Å². The zero-order valence-electron chi connectivity index (χ0n) is 11.2. The van der Waals surface area contributed by atoms with Gasteiger partial charge in [-0.3, -0.25) is 4.79 Å². The Hall–Kier alpha value is -0.610. The van der Waals surface area contributed by atoms with E-state index in [1.54, 1.807) is 0 Å². The van der Waals surface area contributed by atoms with E-state index in [9.17, 15) is 4.79 Å². The molecule has 0 aromatic rings. The molecule has 1 rings (SSSR count). The Morgan fingerprint density at radius 2 is 2.00 bits per heavy atom. The van der Waals surface area contributed by atoms with Crippen LogP contribution in [0.2, 0.25) is 0 Å². The molecular weight excluding hydrogens is 214 g/mol. The molecule has 0 aliphatic carbocycles. The van der Waals surface area contributed by atoms with E-state index in [1.165, 1.54) is 45.3 Å². The molecule has 1 aliphatic rings. The summed E-state index contributed by atoms with van der Waals surface area (Å²) >= 11 is 0. The lowest BCUT2D eigenvalue weighted by Crippen LogP contribution is -2.32. The van der Waals surface area contributed by atoms with Gasteiger partial charge in [0.25, 0.3) is 0 Å². The molecule has 0 bridgehead atoms. The highest BCUT2D eigenvalue weighted by atomic mass is 16.1. The molecule has 17 heavy (non-hydrogen) atoms. The van der Waals surface area contributed by atoms with Crippen molar-refractivity contribution in [3.8, 4) is 0 Å². The van der Waals surface area contributed by atoms with Crippen molar-refractivity contribution in [3.63, 3.8) is 0 Å². The van der Waals surface area contributed by atoms with Gasteiger partial charge in [0.15, 0.2) is 0 Å². The minimum atomic E-state index is 0.767. The molecule has 4 heteroatoms. The summed E-state index contributed by atoms with van der Waals surface area (Å²) in [5.41, 5.74) is 0. The van der Waals surface area contributed by atoms with Crippen LogP contribution >= 0.6 is 0 Å². The number of hydrogen-bond donors (Lipinski definition) is 1. The van der Waals surface area contributed by atoms with Crippen molar-refractivity contribution in [3.05, 3.63) is 0 Å². The molecule has 100 valence electrons. The molecule has 1 amide bonds. The van der Waals surface area contributed by atoms with Crippen LogP contribution in [0.3, 0.4) is 0 Å². The van der Waals surface area contributed by atoms with E-state index in [4.69, 9.17) is 0 Å². The van der Waals surface area contributed by atoms with Gasteiger partial charge in [0.2, 0.25) is 6.41 Å². The van der Waals surface area contributed by atoms with Gasteiger partial charge in [0.1, 0.15) is 0 Å². The maximum Gasteiger partial charge on any atom is 0.207 e. The van der Waals surface area contributed by atoms with Crippen molar-refractivity contribution in [1.29, 1.82) is 0 Å². The standard InChI is InChI=1S/C13H27N3O/c1-2-15(12-7-14-13-17)8-3-4-9-16-10-5-6-11-16/h13H,2-12H2,1H3,(H,14,17). The van der Waals surface area contributed by atoms with E-state index >= 15 is 0 Å². The van der Waals surface area contributed by atoms with Crippen molar-refractivity contribution >= 4 is 6.41 Å². The lowest BCUT2D eigenvalue weighted by molar-refractivity contribution is -0.109. The fraction of sp³-hybridized carbons (Fsp3) is 0.923. The number of likely N-dealkylation sites (tertiary alicyclic amines) is 1. The number of rotatable bonds is 10. The van der Waals surface area contributed by atoms with Crippen LogP contribution in [0.5, 0.6) is 0 Å². The van der Waals surface area contributed by atoms with Gasteiger partial charge in [-0.2, -0.15) is 0 Å². The molecule has 0 spiro atoms. The van der Waals surface area contributed by atoms with Gasteiger partial charge in [-0.05, 0) is 58.4 Å². The highest BCUT2D eigenvalue weighted by Gasteiger charge is 2.10. The maximum absolute atomic E-state index is 10.1. The number of carbonyl (C=O) groups excluding carboxylic acids is 1. The highest BCUT2D eigenvalue weighted by Crippen LogP contribution is 2.08. The third kappa shape index (κ3) is 6.64. The fourth-order valence-electron chi connectivity index (χ4n) is 2.39. The van der Waals surface area contributed by atoms with Crippen LogP contribution in [0.4, 0.5) is 0 Å². The second-order valence-electron chi connectivity index (χ2n) is 4.76. The molecule has 0 aromatic heterocycles. The summed E-state index contributed by atoms with van der Waals surface area (Å²) in [5, 5.41) is 2.72. The molecule has 4 nitrogen and oxygen atoms in total. The number of carbonyl (C=O) groups is 1. The lowest BCUT2D eigenvalue weighted by Gasteiger charge is -2.21. The predicted octanol–water partition coefficient (Wildman–Crippen LogP) is 0.930. The summed E-state index contributed by atoms with van der Waals surface area (Å²) in [6.45, 7) is 10.0. The number of hydrogen-bond acceptors (Lipinski definition) is 3. The number of nitrogens with zero attached hydrogens (tertiary/aromatic N) is 2. The first kappa shape index (κ1) is 14.5. The van der Waals surface area contributed by atoms with Crippen molar-refractivity contribution in [2.75, 3.05) is 45.8 Å². The van der Waals surface area contributed by atoms with E-state index < -0.39 is 0 Å². The molecule has 1 heterocycles. The minimum Gasteiger partial charge on any atom is -0.357 e. The largest absolute Gasteiger partial charge is 0.357 e. The van der Waals surface area contributed by atoms with Crippen molar-refractivity contribution in [2.45, 2.75) is 32.6 Å². The monoisotopic (exact) mass is 241 g/mol. The topological polar surface area (TPSA) is 35.6 Å². The Balaban J connectivity index is 1.96. The number of likely N-dealkylation sites (N-methyl/N-ethyl adjacent to an activating group) is 1. The van der Waals surface area contributed by atoms with Gasteiger partial charge in [-0.1, -0.05) is 6.92 Å². The van der Waals surface area contributed by atoms with Gasteiger partial charge in [-0.15, -0.1) is 0 Å². The SMILES string of the molecule is CCN(CCCCN1CCCC1)CCNC=O. The van der Waals surface area contributed by atoms with Gasteiger partial charge >= 0.3 is 0 Å². The van der Waals surface area contributed by atoms with Crippen LogP contribution in [-0.2, 0) is 4.79 Å². The first-order valence-electron chi connectivity index (χ1n) is 6.98. The quantitative estimate of drug-likeness (QED) is 0.456. The summed E-state index contributed by atoms with van der Waals surface area (Å²) in [6.07, 6.45) is 6.13. The zero-order chi connectivity index (χ0) is 12.3. The molecule has 1 N–H and O–H groups in total. The summed E-state index contributed by atoms with van der Waals surface area (Å²) in [4.78, 5) is 15.1. The Kier molecular flexibility index (Phi) is 8.01. The number of nitrogens with one attached hydrogen (secondary N) is 1. The first-order chi connectivity index (χ1) is 8.36. The average molecular weight is 241 g/mol. The van der Waals surface area contributed by atoms with E-state index in [-0.39, 0.29) is 0 Å². The molecule has 1 fully saturated rings. The Labute approximate surface area is 105 Å². The summed E-state index contributed by atoms with van der Waals surface area (Å²) < 4.78 is 0. The molecule has 0 saturated carbocycles. The van der Waals surface area contributed by atoms with Gasteiger partial charge in [0, 0.05) is 13.1 Å². The molecule has 0 radical (unpaired) electrons. The van der Waals surface area contributed by atoms with E-state index in [0.717, 1.165) is 32.6 Å². The Morgan fingerprint density at radius 3 is 2.65 bits per heavy atom. The highest BCUT2D eigenvalue weighted by molar-refractivity contribution is 5.45. The van der Waals surface area contributed by atoms with Crippen molar-refractivity contribution in [2.24, 2.45) is 0 Å². The summed E-state index contributed by atoms with van der Waals surface area (Å²) in [5.74, 6) is 0. The van der Waals surface area contributed by atoms with Crippen molar-refractivity contribution in [1.82, 2.24) is 15.1 Å². The second kappa shape index (κ2) is 9.42. The third-order valence-electron chi connectivity index (χ3n) is 3.50. The zero-order valence-corrected chi connectivity index (χ0v) is 11.2. The van der Waals surface area contributed by atoms with Crippen LogP contribution < -0.4 is 5.32 Å². The predicted molar refractivity (Wildman–Crippen MR) is 71.1 cm³/mol. The van der Waals surface area contributed by atoms with Crippen LogP contribution in [0.15, 0.2) is 0 Å². The summed E-state index contributed by atoms with van der Waals surface area (Å²) in [7, 11) is 0. The first-order valence-corrected chi connectivity index (χ1v) is 6.98. The van der Waals surface area contributed by atoms with Crippen molar-refractivity contribution < 1.29 is 4.79 Å². The van der Waals surface area contributed by atoms with E-state index in [2.05, 4.69) is 22.0 Å². The molecule has 1 saturated heterocycles. The Morgan fingerprint density at radius 1 is 1.24 bits per heavy atom. The minimum absolute atomic E-state index is 0.767. The maximum atomic E-state index is 10.1. The molecular formula is C13H27N3O. The lowest BCUT2D eigenvalue weighted by atomic mass is 10.2. The van der Waals surface area contributed by atoms with Gasteiger partial charge in [0.05, 0.1) is 0 Å². The van der Waals surface area contributed by atoms with Crippen LogP contribution in [0.25, 0.3) is 0 Å². The Bertz CT molecular complexity index is 193. The number of amides is 1. The molecule has 1 aliphatic heterocycles. The second-order valence-corrected chi connectivity index (χ2v) is 4.76. The molecule has 0 unspecified atom stereocenters. The van der Waals surface area contributed by atoms with Gasteiger partial charge in [-0.25, -0.2) is 0 Å². The molecule has 0 atom stereocenters. The average Bonchev–Trinajstić information content (AvgIpc) is 2.85. The van der Waals surface area contributed by atoms with Crippen LogP contribution in [0.1, 0.15) is 32.6 Å². The smallest absolute Gasteiger partial charge is 0.207 e. The van der Waals surface area contributed by atoms with Crippen LogP contribution in [0, 0.1) is 0 Å². The number of unbranched alkanes of at least 4 members (excludes halogenated alkanes) is 1.